The van der Waals surface area contributed by atoms with Crippen LogP contribution in [0.2, 0.25) is 0 Å². The van der Waals surface area contributed by atoms with Gasteiger partial charge in [0.2, 0.25) is 0 Å². The van der Waals surface area contributed by atoms with Crippen molar-refractivity contribution in [2.75, 3.05) is 0 Å². The number of aromatic nitrogens is 1. The summed E-state index contributed by atoms with van der Waals surface area (Å²) in [4.78, 5) is 4.88. The van der Waals surface area contributed by atoms with Crippen molar-refractivity contribution in [3.05, 3.63) is 97.1 Å². The van der Waals surface area contributed by atoms with Crippen LogP contribution < -0.4 is 4.65 Å². The van der Waals surface area contributed by atoms with Gasteiger partial charge in [0.25, 0.3) is 0 Å². The van der Waals surface area contributed by atoms with Gasteiger partial charge in [-0.15, -0.1) is 0 Å². The van der Waals surface area contributed by atoms with E-state index in [1.165, 1.54) is 0 Å². The highest BCUT2D eigenvalue weighted by atomic mass is 16.5. The zero-order valence-electron chi connectivity index (χ0n) is 14.7. The van der Waals surface area contributed by atoms with E-state index in [-0.39, 0.29) is 7.69 Å². The van der Waals surface area contributed by atoms with E-state index in [2.05, 4.69) is 36.4 Å². The van der Waals surface area contributed by atoms with E-state index in [4.69, 9.17) is 14.7 Å². The highest BCUT2D eigenvalue weighted by molar-refractivity contribution is 6.17. The molecule has 0 fully saturated rings. The van der Waals surface area contributed by atoms with Gasteiger partial charge in [-0.25, -0.2) is 4.98 Å². The monoisotopic (exact) mass is 351 g/mol. The van der Waals surface area contributed by atoms with Crippen LogP contribution in [0.25, 0.3) is 33.6 Å². The molecule has 3 nitrogen and oxygen atoms in total. The minimum atomic E-state index is -0.334. The zero-order valence-corrected chi connectivity index (χ0v) is 14.7. The fourth-order valence-electron chi connectivity index (χ4n) is 3.03. The number of nitrogens with zero attached hydrogens (tertiary/aromatic N) is 1. The van der Waals surface area contributed by atoms with Gasteiger partial charge >= 0.3 is 7.69 Å². The first kappa shape index (κ1) is 17.1. The Kier molecular flexibility index (Phi) is 4.99. The van der Waals surface area contributed by atoms with Crippen LogP contribution in [0.1, 0.15) is 0 Å². The van der Waals surface area contributed by atoms with Crippen LogP contribution in [0.15, 0.2) is 97.1 Å². The largest absolute Gasteiger partial charge is 0.539 e. The first-order valence-electron chi connectivity index (χ1n) is 8.80. The van der Waals surface area contributed by atoms with Gasteiger partial charge in [0.1, 0.15) is 5.75 Å². The van der Waals surface area contributed by atoms with Crippen LogP contribution in [0.5, 0.6) is 5.75 Å². The van der Waals surface area contributed by atoms with Crippen molar-refractivity contribution in [2.24, 2.45) is 0 Å². The molecule has 0 bridgehead atoms. The maximum absolute atomic E-state index is 8.90. The standard InChI is InChI=1S/C23H18BNO2/c26-24-27-21-13-11-19(12-14-21)23-16-20(17-7-3-1-4-8-17)15-22(25-23)18-9-5-2-6-10-18/h1-16,24,26H. The molecule has 130 valence electrons. The second-order valence-electron chi connectivity index (χ2n) is 6.16. The van der Waals surface area contributed by atoms with Crippen LogP contribution in [0.4, 0.5) is 0 Å². The topological polar surface area (TPSA) is 42.4 Å². The molecule has 4 aromatic rings. The van der Waals surface area contributed by atoms with Gasteiger partial charge < -0.3 is 9.68 Å². The van der Waals surface area contributed by atoms with Gasteiger partial charge in [0.15, 0.2) is 0 Å². The predicted octanol–water partition coefficient (Wildman–Crippen LogP) is 4.72. The Labute approximate surface area is 159 Å². The average Bonchev–Trinajstić information content (AvgIpc) is 2.75. The molecule has 0 radical (unpaired) electrons. The number of benzene rings is 3. The van der Waals surface area contributed by atoms with Gasteiger partial charge in [-0.2, -0.15) is 0 Å². The third-order valence-electron chi connectivity index (χ3n) is 4.38. The Morgan fingerprint density at radius 3 is 1.67 bits per heavy atom. The molecule has 0 saturated carbocycles. The highest BCUT2D eigenvalue weighted by Gasteiger charge is 2.09. The molecule has 1 aromatic heterocycles. The van der Waals surface area contributed by atoms with Crippen molar-refractivity contribution >= 4 is 7.69 Å². The summed E-state index contributed by atoms with van der Waals surface area (Å²) in [6.45, 7) is 0. The lowest BCUT2D eigenvalue weighted by atomic mass is 10.00. The predicted molar refractivity (Wildman–Crippen MR) is 111 cm³/mol. The van der Waals surface area contributed by atoms with Crippen LogP contribution in [-0.4, -0.2) is 17.7 Å². The van der Waals surface area contributed by atoms with E-state index in [9.17, 15) is 0 Å². The molecule has 0 spiro atoms. The number of rotatable bonds is 5. The molecule has 0 aliphatic rings. The quantitative estimate of drug-likeness (QED) is 0.529. The summed E-state index contributed by atoms with van der Waals surface area (Å²) in [5.41, 5.74) is 6.18. The normalized spacial score (nSPS) is 10.4. The zero-order chi connectivity index (χ0) is 18.5. The summed E-state index contributed by atoms with van der Waals surface area (Å²) in [5, 5.41) is 8.90. The third-order valence-corrected chi connectivity index (χ3v) is 4.38. The lowest BCUT2D eigenvalue weighted by Gasteiger charge is -2.11. The number of pyridine rings is 1. The number of hydrogen-bond acceptors (Lipinski definition) is 3. The van der Waals surface area contributed by atoms with Crippen molar-refractivity contribution in [1.82, 2.24) is 4.98 Å². The van der Waals surface area contributed by atoms with E-state index in [0.717, 1.165) is 33.6 Å². The Balaban J connectivity index is 1.83. The fraction of sp³-hybridized carbons (Fsp3) is 0. The van der Waals surface area contributed by atoms with Crippen LogP contribution in [0.3, 0.4) is 0 Å². The van der Waals surface area contributed by atoms with Crippen molar-refractivity contribution in [2.45, 2.75) is 0 Å². The van der Waals surface area contributed by atoms with Crippen LogP contribution >= 0.6 is 0 Å². The molecular weight excluding hydrogens is 333 g/mol. The van der Waals surface area contributed by atoms with Gasteiger partial charge in [-0.05, 0) is 47.5 Å². The second-order valence-corrected chi connectivity index (χ2v) is 6.16. The molecule has 0 aliphatic heterocycles. The summed E-state index contributed by atoms with van der Waals surface area (Å²) in [6, 6.07) is 32.3. The minimum Gasteiger partial charge on any atom is -0.539 e. The maximum atomic E-state index is 8.90. The van der Waals surface area contributed by atoms with E-state index >= 15 is 0 Å². The summed E-state index contributed by atoms with van der Waals surface area (Å²) in [5.74, 6) is 0.628. The molecule has 4 rings (SSSR count). The van der Waals surface area contributed by atoms with Crippen molar-refractivity contribution in [1.29, 1.82) is 0 Å². The van der Waals surface area contributed by atoms with Crippen molar-refractivity contribution < 1.29 is 9.68 Å². The maximum Gasteiger partial charge on any atom is 0.504 e. The molecule has 27 heavy (non-hydrogen) atoms. The van der Waals surface area contributed by atoms with E-state index in [1.807, 2.05) is 60.7 Å². The number of hydrogen-bond donors (Lipinski definition) is 1. The molecule has 1 N–H and O–H groups in total. The smallest absolute Gasteiger partial charge is 0.504 e. The van der Waals surface area contributed by atoms with Gasteiger partial charge in [0.05, 0.1) is 11.4 Å². The lowest BCUT2D eigenvalue weighted by molar-refractivity contribution is 0.454. The fourth-order valence-corrected chi connectivity index (χ4v) is 3.03. The van der Waals surface area contributed by atoms with E-state index in [1.54, 1.807) is 0 Å². The van der Waals surface area contributed by atoms with Crippen LogP contribution in [0, 0.1) is 0 Å². The average molecular weight is 351 g/mol. The summed E-state index contributed by atoms with van der Waals surface area (Å²) in [6.07, 6.45) is 0. The van der Waals surface area contributed by atoms with Gasteiger partial charge in [-0.3, -0.25) is 0 Å². The Hall–Kier alpha value is -3.37. The summed E-state index contributed by atoms with van der Waals surface area (Å²) < 4.78 is 5.12. The Morgan fingerprint density at radius 2 is 1.11 bits per heavy atom. The molecule has 0 unspecified atom stereocenters. The summed E-state index contributed by atoms with van der Waals surface area (Å²) in [7, 11) is -0.334. The second kappa shape index (κ2) is 7.89. The van der Waals surface area contributed by atoms with E-state index < -0.39 is 0 Å². The third kappa shape index (κ3) is 3.91. The molecule has 3 aromatic carbocycles. The minimum absolute atomic E-state index is 0.334. The Bertz CT molecular complexity index is 961. The first-order chi connectivity index (χ1) is 13.3. The molecule has 1 heterocycles. The van der Waals surface area contributed by atoms with Crippen molar-refractivity contribution in [3.63, 3.8) is 0 Å². The SMILES string of the molecule is OBOc1ccc(-c2cc(-c3ccccc3)cc(-c3ccccc3)n2)cc1. The molecule has 0 saturated heterocycles. The van der Waals surface area contributed by atoms with Crippen LogP contribution in [-0.2, 0) is 0 Å². The summed E-state index contributed by atoms with van der Waals surface area (Å²) >= 11 is 0. The van der Waals surface area contributed by atoms with Gasteiger partial charge in [-0.1, -0.05) is 60.7 Å². The molecular formula is C23H18BNO2. The Morgan fingerprint density at radius 1 is 0.593 bits per heavy atom. The van der Waals surface area contributed by atoms with E-state index in [0.29, 0.717) is 5.75 Å². The molecule has 0 aliphatic carbocycles. The first-order valence-corrected chi connectivity index (χ1v) is 8.80. The molecule has 0 amide bonds. The van der Waals surface area contributed by atoms with Gasteiger partial charge in [0, 0.05) is 11.1 Å². The molecule has 4 heteroatoms. The lowest BCUT2D eigenvalue weighted by Crippen LogP contribution is -1.99. The molecule has 0 atom stereocenters. The van der Waals surface area contributed by atoms with Crippen molar-refractivity contribution in [3.8, 4) is 39.4 Å². The highest BCUT2D eigenvalue weighted by Crippen LogP contribution is 2.30.